The Morgan fingerprint density at radius 2 is 1.67 bits per heavy atom. The van der Waals surface area contributed by atoms with E-state index in [0.717, 1.165) is 30.3 Å². The number of hydrogen-bond donors (Lipinski definition) is 1. The Balaban J connectivity index is 2.51. The SMILES string of the molecule is COc1ccc(F)cc1S(=O)(=O)Nc1c(F)cccc1F. The van der Waals surface area contributed by atoms with Gasteiger partial charge in [-0.05, 0) is 30.3 Å². The largest absolute Gasteiger partial charge is 0.495 e. The second kappa shape index (κ2) is 5.65. The van der Waals surface area contributed by atoms with Gasteiger partial charge in [0, 0.05) is 0 Å². The second-order valence-electron chi connectivity index (χ2n) is 4.00. The number of halogens is 3. The molecule has 0 heterocycles. The first kappa shape index (κ1) is 15.2. The summed E-state index contributed by atoms with van der Waals surface area (Å²) in [6, 6.07) is 5.67. The van der Waals surface area contributed by atoms with Gasteiger partial charge >= 0.3 is 0 Å². The van der Waals surface area contributed by atoms with Gasteiger partial charge in [0.25, 0.3) is 10.0 Å². The third-order valence-corrected chi connectivity index (χ3v) is 3.99. The average molecular weight is 317 g/mol. The molecule has 21 heavy (non-hydrogen) atoms. The predicted octanol–water partition coefficient (Wildman–Crippen LogP) is 2.91. The number of ether oxygens (including phenoxy) is 1. The molecule has 0 fully saturated rings. The Morgan fingerprint density at radius 1 is 1.05 bits per heavy atom. The van der Waals surface area contributed by atoms with Crippen molar-refractivity contribution in [2.75, 3.05) is 11.8 Å². The van der Waals surface area contributed by atoms with Crippen LogP contribution in [0.25, 0.3) is 0 Å². The van der Waals surface area contributed by atoms with Crippen molar-refractivity contribution in [2.45, 2.75) is 4.90 Å². The number of hydrogen-bond acceptors (Lipinski definition) is 3. The van der Waals surface area contributed by atoms with Crippen molar-refractivity contribution in [2.24, 2.45) is 0 Å². The first-order valence-electron chi connectivity index (χ1n) is 5.65. The Bertz CT molecular complexity index is 758. The first-order chi connectivity index (χ1) is 9.85. The Labute approximate surface area is 119 Å². The second-order valence-corrected chi connectivity index (χ2v) is 5.65. The molecule has 0 unspecified atom stereocenters. The van der Waals surface area contributed by atoms with E-state index in [4.69, 9.17) is 4.74 Å². The number of sulfonamides is 1. The minimum atomic E-state index is -4.42. The fourth-order valence-corrected chi connectivity index (χ4v) is 2.90. The van der Waals surface area contributed by atoms with Gasteiger partial charge < -0.3 is 4.74 Å². The standard InChI is InChI=1S/C13H10F3NO3S/c1-20-11-6-5-8(14)7-12(11)21(18,19)17-13-9(15)3-2-4-10(13)16/h2-7,17H,1H3. The van der Waals surface area contributed by atoms with Crippen LogP contribution in [0.2, 0.25) is 0 Å². The lowest BCUT2D eigenvalue weighted by molar-refractivity contribution is 0.401. The van der Waals surface area contributed by atoms with Gasteiger partial charge in [-0.25, -0.2) is 21.6 Å². The van der Waals surface area contributed by atoms with E-state index >= 15 is 0 Å². The van der Waals surface area contributed by atoms with Gasteiger partial charge in [0.05, 0.1) is 7.11 Å². The molecule has 0 aliphatic rings. The maximum atomic E-state index is 13.5. The molecule has 1 N–H and O–H groups in total. The molecule has 0 amide bonds. The lowest BCUT2D eigenvalue weighted by Crippen LogP contribution is -2.16. The van der Waals surface area contributed by atoms with Crippen molar-refractivity contribution in [3.05, 3.63) is 53.8 Å². The summed E-state index contributed by atoms with van der Waals surface area (Å²) in [7, 11) is -3.23. The lowest BCUT2D eigenvalue weighted by atomic mass is 10.3. The normalized spacial score (nSPS) is 11.2. The Morgan fingerprint density at radius 3 is 2.24 bits per heavy atom. The average Bonchev–Trinajstić information content (AvgIpc) is 2.43. The van der Waals surface area contributed by atoms with E-state index in [-0.39, 0.29) is 5.75 Å². The number of nitrogens with one attached hydrogen (secondary N) is 1. The van der Waals surface area contributed by atoms with Crippen LogP contribution in [-0.2, 0) is 10.0 Å². The van der Waals surface area contributed by atoms with Crippen LogP contribution in [0.1, 0.15) is 0 Å². The molecule has 2 rings (SSSR count). The zero-order chi connectivity index (χ0) is 15.6. The summed E-state index contributed by atoms with van der Waals surface area (Å²) in [5.74, 6) is -3.16. The Hall–Kier alpha value is -2.22. The minimum Gasteiger partial charge on any atom is -0.495 e. The molecule has 0 saturated carbocycles. The molecule has 0 aromatic heterocycles. The number of methoxy groups -OCH3 is 1. The fraction of sp³-hybridized carbons (Fsp3) is 0.0769. The van der Waals surface area contributed by atoms with Crippen molar-refractivity contribution in [3.8, 4) is 5.75 Å². The van der Waals surface area contributed by atoms with Gasteiger partial charge in [-0.3, -0.25) is 4.72 Å². The van der Waals surface area contributed by atoms with E-state index in [2.05, 4.69) is 0 Å². The molecular weight excluding hydrogens is 307 g/mol. The molecule has 0 atom stereocenters. The molecule has 0 bridgehead atoms. The molecule has 0 spiro atoms. The van der Waals surface area contributed by atoms with E-state index in [1.807, 2.05) is 0 Å². The van der Waals surface area contributed by atoms with Crippen LogP contribution in [-0.4, -0.2) is 15.5 Å². The highest BCUT2D eigenvalue weighted by Crippen LogP contribution is 2.28. The van der Waals surface area contributed by atoms with Crippen molar-refractivity contribution >= 4 is 15.7 Å². The topological polar surface area (TPSA) is 55.4 Å². The molecule has 4 nitrogen and oxygen atoms in total. The summed E-state index contributed by atoms with van der Waals surface area (Å²) in [6.45, 7) is 0. The highest BCUT2D eigenvalue weighted by atomic mass is 32.2. The van der Waals surface area contributed by atoms with E-state index in [0.29, 0.717) is 6.07 Å². The molecule has 112 valence electrons. The predicted molar refractivity (Wildman–Crippen MR) is 70.1 cm³/mol. The Kier molecular flexibility index (Phi) is 4.08. The first-order valence-corrected chi connectivity index (χ1v) is 7.14. The van der Waals surface area contributed by atoms with Gasteiger partial charge in [-0.15, -0.1) is 0 Å². The fourth-order valence-electron chi connectivity index (χ4n) is 1.65. The van der Waals surface area contributed by atoms with E-state index in [9.17, 15) is 21.6 Å². The maximum Gasteiger partial charge on any atom is 0.265 e. The van der Waals surface area contributed by atoms with Gasteiger partial charge in [-0.2, -0.15) is 0 Å². The zero-order valence-corrected chi connectivity index (χ0v) is 11.5. The third kappa shape index (κ3) is 3.10. The highest BCUT2D eigenvalue weighted by Gasteiger charge is 2.23. The zero-order valence-electron chi connectivity index (χ0n) is 10.7. The van der Waals surface area contributed by atoms with E-state index in [1.54, 1.807) is 4.72 Å². The molecule has 0 aliphatic carbocycles. The number of benzene rings is 2. The van der Waals surface area contributed by atoms with Crippen LogP contribution in [0, 0.1) is 17.5 Å². The smallest absolute Gasteiger partial charge is 0.265 e. The monoisotopic (exact) mass is 317 g/mol. The van der Waals surface area contributed by atoms with Crippen molar-refractivity contribution < 1.29 is 26.3 Å². The number of para-hydroxylation sites is 1. The number of rotatable bonds is 4. The van der Waals surface area contributed by atoms with Crippen LogP contribution >= 0.6 is 0 Å². The highest BCUT2D eigenvalue weighted by molar-refractivity contribution is 7.92. The molecule has 2 aromatic carbocycles. The molecule has 0 radical (unpaired) electrons. The molecule has 0 aliphatic heterocycles. The van der Waals surface area contributed by atoms with Gasteiger partial charge in [0.15, 0.2) is 0 Å². The van der Waals surface area contributed by atoms with Crippen molar-refractivity contribution in [1.82, 2.24) is 0 Å². The van der Waals surface area contributed by atoms with Crippen molar-refractivity contribution in [1.29, 1.82) is 0 Å². The molecular formula is C13H10F3NO3S. The summed E-state index contributed by atoms with van der Waals surface area (Å²) in [5, 5.41) is 0. The van der Waals surface area contributed by atoms with Crippen LogP contribution in [0.5, 0.6) is 5.75 Å². The molecule has 0 saturated heterocycles. The summed E-state index contributed by atoms with van der Waals surface area (Å²) in [5.41, 5.74) is -0.844. The van der Waals surface area contributed by atoms with Crippen LogP contribution in [0.3, 0.4) is 0 Å². The molecule has 2 aromatic rings. The van der Waals surface area contributed by atoms with Crippen LogP contribution in [0.4, 0.5) is 18.9 Å². The van der Waals surface area contributed by atoms with Crippen LogP contribution in [0.15, 0.2) is 41.3 Å². The summed E-state index contributed by atoms with van der Waals surface area (Å²) in [6.07, 6.45) is 0. The summed E-state index contributed by atoms with van der Waals surface area (Å²) >= 11 is 0. The van der Waals surface area contributed by atoms with Crippen molar-refractivity contribution in [3.63, 3.8) is 0 Å². The molecule has 8 heteroatoms. The van der Waals surface area contributed by atoms with Gasteiger partial charge in [-0.1, -0.05) is 6.07 Å². The lowest BCUT2D eigenvalue weighted by Gasteiger charge is -2.12. The third-order valence-electron chi connectivity index (χ3n) is 2.61. The maximum absolute atomic E-state index is 13.5. The van der Waals surface area contributed by atoms with Crippen LogP contribution < -0.4 is 9.46 Å². The quantitative estimate of drug-likeness (QED) is 0.943. The summed E-state index contributed by atoms with van der Waals surface area (Å²) in [4.78, 5) is -0.562. The van der Waals surface area contributed by atoms with E-state index in [1.165, 1.54) is 7.11 Å². The summed E-state index contributed by atoms with van der Waals surface area (Å²) < 4.78 is 71.0. The number of anilines is 1. The minimum absolute atomic E-state index is 0.152. The van der Waals surface area contributed by atoms with E-state index < -0.39 is 38.1 Å². The van der Waals surface area contributed by atoms with Gasteiger partial charge in [0.2, 0.25) is 0 Å². The van der Waals surface area contributed by atoms with Gasteiger partial charge in [0.1, 0.15) is 33.8 Å².